The van der Waals surface area contributed by atoms with Gasteiger partial charge in [0.2, 0.25) is 5.91 Å². The van der Waals surface area contributed by atoms with Gasteiger partial charge in [0.25, 0.3) is 0 Å². The lowest BCUT2D eigenvalue weighted by atomic mass is 9.95. The first kappa shape index (κ1) is 17.3. The fraction of sp³-hybridized carbons (Fsp3) is 0.750. The zero-order chi connectivity index (χ0) is 17.3. The third kappa shape index (κ3) is 4.28. The van der Waals surface area contributed by atoms with Crippen molar-refractivity contribution in [2.45, 2.75) is 44.3 Å². The molecule has 2 heterocycles. The van der Waals surface area contributed by atoms with Crippen molar-refractivity contribution in [3.05, 3.63) is 17.5 Å². The van der Waals surface area contributed by atoms with Gasteiger partial charge in [-0.25, -0.2) is 0 Å². The second-order valence-corrected chi connectivity index (χ2v) is 6.84. The number of halogens is 3. The molecule has 1 saturated carbocycles. The SMILES string of the molecule is Cn1ncc(CN2CCC(C(=O)NCC(F)(F)F)CC2)c1C1CC1. The minimum Gasteiger partial charge on any atom is -0.347 e. The van der Waals surface area contributed by atoms with Crippen molar-refractivity contribution < 1.29 is 18.0 Å². The van der Waals surface area contributed by atoms with Gasteiger partial charge in [-0.05, 0) is 38.8 Å². The number of nitrogens with zero attached hydrogens (tertiary/aromatic N) is 3. The maximum Gasteiger partial charge on any atom is 0.405 e. The standard InChI is InChI=1S/C16H23F3N4O/c1-22-14(11-2-3-11)13(8-21-22)9-23-6-4-12(5-7-23)15(24)20-10-16(17,18)19/h8,11-12H,2-7,9-10H2,1H3,(H,20,24). The first-order valence-corrected chi connectivity index (χ1v) is 8.41. The molecule has 0 radical (unpaired) electrons. The molecule has 0 unspecified atom stereocenters. The molecule has 1 aliphatic carbocycles. The van der Waals surface area contributed by atoms with Crippen molar-refractivity contribution in [3.8, 4) is 0 Å². The Balaban J connectivity index is 1.48. The highest BCUT2D eigenvalue weighted by atomic mass is 19.4. The highest BCUT2D eigenvalue weighted by Crippen LogP contribution is 2.41. The molecule has 0 bridgehead atoms. The predicted octanol–water partition coefficient (Wildman–Crippen LogP) is 2.19. The van der Waals surface area contributed by atoms with Crippen molar-refractivity contribution in [2.24, 2.45) is 13.0 Å². The van der Waals surface area contributed by atoms with Gasteiger partial charge < -0.3 is 5.32 Å². The summed E-state index contributed by atoms with van der Waals surface area (Å²) in [5.74, 6) is -0.175. The van der Waals surface area contributed by atoms with Crippen LogP contribution in [0.3, 0.4) is 0 Å². The van der Waals surface area contributed by atoms with Crippen LogP contribution in [0, 0.1) is 5.92 Å². The van der Waals surface area contributed by atoms with E-state index in [4.69, 9.17) is 0 Å². The molecule has 2 aliphatic rings. The molecule has 0 spiro atoms. The zero-order valence-corrected chi connectivity index (χ0v) is 13.8. The minimum absolute atomic E-state index is 0.319. The van der Waals surface area contributed by atoms with Crippen LogP contribution in [0.15, 0.2) is 6.20 Å². The molecule has 24 heavy (non-hydrogen) atoms. The maximum atomic E-state index is 12.2. The Morgan fingerprint density at radius 2 is 1.96 bits per heavy atom. The fourth-order valence-electron chi connectivity index (χ4n) is 3.42. The average molecular weight is 344 g/mol. The smallest absolute Gasteiger partial charge is 0.347 e. The molecule has 1 aromatic heterocycles. The van der Waals surface area contributed by atoms with Gasteiger partial charge in [0.05, 0.1) is 6.20 Å². The van der Waals surface area contributed by atoms with E-state index >= 15 is 0 Å². The molecule has 1 saturated heterocycles. The summed E-state index contributed by atoms with van der Waals surface area (Å²) >= 11 is 0. The number of carbonyl (C=O) groups is 1. The maximum absolute atomic E-state index is 12.2. The second kappa shape index (κ2) is 6.74. The molecule has 8 heteroatoms. The Labute approximate surface area is 139 Å². The number of piperidine rings is 1. The molecule has 0 atom stereocenters. The first-order chi connectivity index (χ1) is 11.3. The lowest BCUT2D eigenvalue weighted by molar-refractivity contribution is -0.141. The van der Waals surface area contributed by atoms with E-state index in [1.54, 1.807) is 0 Å². The molecule has 134 valence electrons. The van der Waals surface area contributed by atoms with Crippen LogP contribution in [0.4, 0.5) is 13.2 Å². The number of alkyl halides is 3. The summed E-state index contributed by atoms with van der Waals surface area (Å²) in [4.78, 5) is 14.1. The Morgan fingerprint density at radius 3 is 2.54 bits per heavy atom. The average Bonchev–Trinajstić information content (AvgIpc) is 3.29. The van der Waals surface area contributed by atoms with Gasteiger partial charge in [-0.15, -0.1) is 0 Å². The lowest BCUT2D eigenvalue weighted by Crippen LogP contribution is -2.42. The van der Waals surface area contributed by atoms with Gasteiger partial charge in [0.1, 0.15) is 6.54 Å². The van der Waals surface area contributed by atoms with E-state index in [1.165, 1.54) is 24.1 Å². The molecular formula is C16H23F3N4O. The van der Waals surface area contributed by atoms with Crippen LogP contribution in [-0.4, -0.2) is 46.4 Å². The molecule has 5 nitrogen and oxygen atoms in total. The van der Waals surface area contributed by atoms with Crippen molar-refractivity contribution in [1.82, 2.24) is 20.0 Å². The Hall–Kier alpha value is -1.57. The third-order valence-corrected chi connectivity index (χ3v) is 4.84. The number of amides is 1. The molecule has 1 N–H and O–H groups in total. The van der Waals surface area contributed by atoms with Crippen LogP contribution < -0.4 is 5.32 Å². The van der Waals surface area contributed by atoms with Crippen molar-refractivity contribution in [1.29, 1.82) is 0 Å². The number of nitrogens with one attached hydrogen (secondary N) is 1. The van der Waals surface area contributed by atoms with Crippen LogP contribution in [0.5, 0.6) is 0 Å². The summed E-state index contributed by atoms with van der Waals surface area (Å²) in [6, 6.07) is 0. The van der Waals surface area contributed by atoms with Crippen molar-refractivity contribution in [3.63, 3.8) is 0 Å². The molecule has 2 fully saturated rings. The number of carbonyl (C=O) groups excluding carboxylic acids is 1. The topological polar surface area (TPSA) is 50.2 Å². The van der Waals surface area contributed by atoms with Crippen LogP contribution in [0.1, 0.15) is 42.9 Å². The molecule has 1 amide bonds. The summed E-state index contributed by atoms with van der Waals surface area (Å²) < 4.78 is 38.4. The van der Waals surface area contributed by atoms with E-state index in [9.17, 15) is 18.0 Å². The van der Waals surface area contributed by atoms with Crippen molar-refractivity contribution >= 4 is 5.91 Å². The van der Waals surface area contributed by atoms with Gasteiger partial charge in [0.15, 0.2) is 0 Å². The van der Waals surface area contributed by atoms with E-state index in [0.717, 1.165) is 19.6 Å². The minimum atomic E-state index is -4.35. The highest BCUT2D eigenvalue weighted by molar-refractivity contribution is 5.78. The number of aromatic nitrogens is 2. The predicted molar refractivity (Wildman–Crippen MR) is 82.2 cm³/mol. The summed E-state index contributed by atoms with van der Waals surface area (Å²) in [6.45, 7) is 1.01. The summed E-state index contributed by atoms with van der Waals surface area (Å²) in [5, 5.41) is 6.35. The van der Waals surface area contributed by atoms with E-state index in [0.29, 0.717) is 18.8 Å². The monoisotopic (exact) mass is 344 g/mol. The summed E-state index contributed by atoms with van der Waals surface area (Å²) in [6.07, 6.45) is 1.19. The fourth-order valence-corrected chi connectivity index (χ4v) is 3.42. The van der Waals surface area contributed by atoms with Crippen LogP contribution >= 0.6 is 0 Å². The number of hydrogen-bond acceptors (Lipinski definition) is 3. The summed E-state index contributed by atoms with van der Waals surface area (Å²) in [5.41, 5.74) is 2.54. The van der Waals surface area contributed by atoms with Gasteiger partial charge in [0, 0.05) is 36.7 Å². The van der Waals surface area contributed by atoms with Gasteiger partial charge >= 0.3 is 6.18 Å². The Bertz CT molecular complexity index is 587. The van der Waals surface area contributed by atoms with Crippen molar-refractivity contribution in [2.75, 3.05) is 19.6 Å². The molecule has 0 aromatic carbocycles. The second-order valence-electron chi connectivity index (χ2n) is 6.84. The Morgan fingerprint density at radius 1 is 1.29 bits per heavy atom. The van der Waals surface area contributed by atoms with Gasteiger partial charge in [-0.1, -0.05) is 0 Å². The van der Waals surface area contributed by atoms with Gasteiger partial charge in [-0.2, -0.15) is 18.3 Å². The zero-order valence-electron chi connectivity index (χ0n) is 13.8. The number of hydrogen-bond donors (Lipinski definition) is 1. The summed E-state index contributed by atoms with van der Waals surface area (Å²) in [7, 11) is 1.97. The number of rotatable bonds is 5. The van der Waals surface area contributed by atoms with Crippen LogP contribution in [-0.2, 0) is 18.4 Å². The normalized spacial score (nSPS) is 20.3. The van der Waals surface area contributed by atoms with Crippen LogP contribution in [0.2, 0.25) is 0 Å². The molecular weight excluding hydrogens is 321 g/mol. The third-order valence-electron chi connectivity index (χ3n) is 4.84. The van der Waals surface area contributed by atoms with E-state index in [1.807, 2.05) is 23.2 Å². The van der Waals surface area contributed by atoms with Crippen LogP contribution in [0.25, 0.3) is 0 Å². The molecule has 1 aliphatic heterocycles. The Kier molecular flexibility index (Phi) is 4.85. The van der Waals surface area contributed by atoms with Gasteiger partial charge in [-0.3, -0.25) is 14.4 Å². The largest absolute Gasteiger partial charge is 0.405 e. The number of aryl methyl sites for hydroxylation is 1. The lowest BCUT2D eigenvalue weighted by Gasteiger charge is -2.31. The highest BCUT2D eigenvalue weighted by Gasteiger charge is 2.32. The van der Waals surface area contributed by atoms with E-state index < -0.39 is 18.6 Å². The first-order valence-electron chi connectivity index (χ1n) is 8.41. The van der Waals surface area contributed by atoms with E-state index in [2.05, 4.69) is 10.00 Å². The molecule has 3 rings (SSSR count). The number of likely N-dealkylation sites (tertiary alicyclic amines) is 1. The molecule has 1 aromatic rings. The van der Waals surface area contributed by atoms with E-state index in [-0.39, 0.29) is 5.92 Å². The quantitative estimate of drug-likeness (QED) is 0.891.